The Kier molecular flexibility index (Phi) is 25.0. The monoisotopic (exact) mass is 400 g/mol. The summed E-state index contributed by atoms with van der Waals surface area (Å²) in [6.45, 7) is 3.72. The Morgan fingerprint density at radius 2 is 1.81 bits per heavy atom. The molecule has 0 amide bonds. The van der Waals surface area contributed by atoms with Gasteiger partial charge in [-0.25, -0.2) is 23.8 Å². The Balaban J connectivity index is -0.000000349. The number of halogens is 2. The standard InChI is InChI=1S/C13H19.C5H5.2ClH.Zr/c1-2-3-4-5-6-7-10-13-11-8-9-12-13;1-2-4-5-3-1;;;/h2,8,11H,1,3-7,9-10H2;1-3H,4H2;2*1H;/q2*-1;;;+4/p-2. The zero-order valence-corrected chi connectivity index (χ0v) is 16.6. The molecule has 0 bridgehead atoms. The Morgan fingerprint density at radius 3 is 2.29 bits per heavy atom. The first-order chi connectivity index (χ1) is 8.93. The summed E-state index contributed by atoms with van der Waals surface area (Å²) in [6.07, 6.45) is 28.5. The summed E-state index contributed by atoms with van der Waals surface area (Å²) in [4.78, 5) is 0. The number of hydrogen-bond donors (Lipinski definition) is 0. The molecule has 0 N–H and O–H groups in total. The number of allylic oxidation sites excluding steroid dienone is 9. The molecule has 0 unspecified atom stereocenters. The first kappa shape index (κ1) is 26.1. The van der Waals surface area contributed by atoms with E-state index in [4.69, 9.17) is 0 Å². The molecular formula is C18H24Cl2Zr. The Bertz CT molecular complexity index is 331. The predicted octanol–water partition coefficient (Wildman–Crippen LogP) is -0.486. The second-order valence-corrected chi connectivity index (χ2v) is 4.55. The van der Waals surface area contributed by atoms with E-state index in [9.17, 15) is 0 Å². The number of hydrogen-bond acceptors (Lipinski definition) is 0. The smallest absolute Gasteiger partial charge is 1.00 e. The molecule has 0 spiro atoms. The minimum absolute atomic E-state index is 0. The molecule has 0 saturated carbocycles. The molecule has 0 aromatic carbocycles. The summed E-state index contributed by atoms with van der Waals surface area (Å²) in [5, 5.41) is 0. The second-order valence-electron chi connectivity index (χ2n) is 4.55. The molecule has 114 valence electrons. The molecule has 3 heteroatoms. The van der Waals surface area contributed by atoms with E-state index in [0.29, 0.717) is 0 Å². The molecule has 0 aliphatic heterocycles. The molecule has 0 atom stereocenters. The fraction of sp³-hybridized carbons (Fsp3) is 0.444. The molecule has 0 radical (unpaired) electrons. The van der Waals surface area contributed by atoms with E-state index in [1.807, 2.05) is 18.2 Å². The van der Waals surface area contributed by atoms with Crippen molar-refractivity contribution in [3.8, 4) is 0 Å². The van der Waals surface area contributed by atoms with Crippen molar-refractivity contribution >= 4 is 0 Å². The predicted molar refractivity (Wildman–Crippen MR) is 80.0 cm³/mol. The third kappa shape index (κ3) is 16.4. The zero-order chi connectivity index (χ0) is 12.9. The second kappa shape index (κ2) is 20.2. The van der Waals surface area contributed by atoms with E-state index in [-0.39, 0.29) is 51.0 Å². The van der Waals surface area contributed by atoms with Gasteiger partial charge in [0.1, 0.15) is 0 Å². The average Bonchev–Trinajstić information content (AvgIpc) is 3.07. The van der Waals surface area contributed by atoms with Gasteiger partial charge in [0, 0.05) is 0 Å². The van der Waals surface area contributed by atoms with Gasteiger partial charge in [-0.15, -0.1) is 19.4 Å². The van der Waals surface area contributed by atoms with Crippen LogP contribution in [-0.4, -0.2) is 0 Å². The van der Waals surface area contributed by atoms with Crippen LogP contribution in [-0.2, 0) is 26.2 Å². The van der Waals surface area contributed by atoms with Crippen LogP contribution in [0.5, 0.6) is 0 Å². The fourth-order valence-electron chi connectivity index (χ4n) is 1.92. The number of rotatable bonds is 7. The summed E-state index contributed by atoms with van der Waals surface area (Å²) >= 11 is 0. The van der Waals surface area contributed by atoms with Gasteiger partial charge < -0.3 is 24.8 Å². The molecule has 0 fully saturated rings. The van der Waals surface area contributed by atoms with Gasteiger partial charge in [0.15, 0.2) is 0 Å². The van der Waals surface area contributed by atoms with Crippen molar-refractivity contribution in [1.29, 1.82) is 0 Å². The van der Waals surface area contributed by atoms with E-state index < -0.39 is 0 Å². The van der Waals surface area contributed by atoms with E-state index >= 15 is 0 Å². The van der Waals surface area contributed by atoms with Crippen LogP contribution >= 0.6 is 0 Å². The quantitative estimate of drug-likeness (QED) is 0.307. The summed E-state index contributed by atoms with van der Waals surface area (Å²) in [6, 6.07) is 0. The van der Waals surface area contributed by atoms with Crippen LogP contribution in [0.1, 0.15) is 51.4 Å². The van der Waals surface area contributed by atoms with E-state index in [1.165, 1.54) is 44.1 Å². The van der Waals surface area contributed by atoms with E-state index in [1.54, 1.807) is 0 Å². The summed E-state index contributed by atoms with van der Waals surface area (Å²) in [5.41, 5.74) is 1.42. The normalized spacial score (nSPS) is 13.2. The molecule has 0 nitrogen and oxygen atoms in total. The van der Waals surface area contributed by atoms with Crippen LogP contribution < -0.4 is 24.8 Å². The fourth-order valence-corrected chi connectivity index (χ4v) is 1.92. The van der Waals surface area contributed by atoms with Crippen LogP contribution in [0.3, 0.4) is 0 Å². The minimum Gasteiger partial charge on any atom is -1.00 e. The topological polar surface area (TPSA) is 0 Å². The molecule has 2 aliphatic rings. The van der Waals surface area contributed by atoms with Crippen LogP contribution in [0, 0.1) is 12.2 Å². The summed E-state index contributed by atoms with van der Waals surface area (Å²) < 4.78 is 0. The van der Waals surface area contributed by atoms with Gasteiger partial charge in [-0.3, -0.25) is 12.2 Å². The molecule has 21 heavy (non-hydrogen) atoms. The van der Waals surface area contributed by atoms with Gasteiger partial charge in [0.05, 0.1) is 0 Å². The molecule has 2 aliphatic carbocycles. The first-order valence-electron chi connectivity index (χ1n) is 7.02. The maximum absolute atomic E-state index is 3.72. The first-order valence-corrected chi connectivity index (χ1v) is 7.02. The SMILES string of the molecule is C=CCCCCCCC1=[C-]CC=C1.[C-]1=CC=CC1.[Cl-].[Cl-].[Zr+4]. The van der Waals surface area contributed by atoms with Crippen molar-refractivity contribution in [1.82, 2.24) is 0 Å². The molecule has 2 rings (SSSR count). The zero-order valence-electron chi connectivity index (χ0n) is 12.6. The van der Waals surface area contributed by atoms with Gasteiger partial charge in [-0.2, -0.15) is 12.2 Å². The molecule has 0 saturated heterocycles. The average molecular weight is 403 g/mol. The molecule has 0 aromatic heterocycles. The third-order valence-electron chi connectivity index (χ3n) is 2.96. The minimum atomic E-state index is 0. The molecule has 0 aromatic rings. The van der Waals surface area contributed by atoms with E-state index in [0.717, 1.165) is 12.8 Å². The number of unbranched alkanes of at least 4 members (excludes halogenated alkanes) is 4. The van der Waals surface area contributed by atoms with Gasteiger partial charge in [0.2, 0.25) is 0 Å². The Hall–Kier alpha value is 0.163. The van der Waals surface area contributed by atoms with Crippen LogP contribution in [0.4, 0.5) is 0 Å². The van der Waals surface area contributed by atoms with Crippen molar-refractivity contribution in [2.24, 2.45) is 0 Å². The summed E-state index contributed by atoms with van der Waals surface area (Å²) in [7, 11) is 0. The van der Waals surface area contributed by atoms with Crippen molar-refractivity contribution < 1.29 is 51.0 Å². The van der Waals surface area contributed by atoms with Gasteiger partial charge in [0.25, 0.3) is 0 Å². The Morgan fingerprint density at radius 1 is 1.05 bits per heavy atom. The maximum Gasteiger partial charge on any atom is 4.00 e. The van der Waals surface area contributed by atoms with Crippen molar-refractivity contribution in [3.05, 3.63) is 60.8 Å². The van der Waals surface area contributed by atoms with E-state index in [2.05, 4.69) is 37.0 Å². The molecule has 0 heterocycles. The third-order valence-corrected chi connectivity index (χ3v) is 2.96. The van der Waals surface area contributed by atoms with Crippen LogP contribution in [0.2, 0.25) is 0 Å². The van der Waals surface area contributed by atoms with Crippen LogP contribution in [0.25, 0.3) is 0 Å². The van der Waals surface area contributed by atoms with Gasteiger partial charge in [-0.05, 0) is 12.8 Å². The van der Waals surface area contributed by atoms with Crippen molar-refractivity contribution in [2.45, 2.75) is 51.4 Å². The van der Waals surface area contributed by atoms with Gasteiger partial charge >= 0.3 is 26.2 Å². The maximum atomic E-state index is 3.72. The Labute approximate surface area is 162 Å². The van der Waals surface area contributed by atoms with Gasteiger partial charge in [-0.1, -0.05) is 31.8 Å². The summed E-state index contributed by atoms with van der Waals surface area (Å²) in [5.74, 6) is 0. The van der Waals surface area contributed by atoms with Crippen LogP contribution in [0.15, 0.2) is 48.6 Å². The molecular weight excluding hydrogens is 378 g/mol. The largest absolute Gasteiger partial charge is 4.00 e. The van der Waals surface area contributed by atoms with Crippen molar-refractivity contribution in [3.63, 3.8) is 0 Å². The van der Waals surface area contributed by atoms with Crippen molar-refractivity contribution in [2.75, 3.05) is 0 Å².